The molecule has 0 spiro atoms. The highest BCUT2D eigenvalue weighted by Gasteiger charge is 2.06. The fourth-order valence-corrected chi connectivity index (χ4v) is 1.26. The number of hydrogen-bond acceptors (Lipinski definition) is 4. The van der Waals surface area contributed by atoms with Gasteiger partial charge in [0.2, 0.25) is 0 Å². The van der Waals surface area contributed by atoms with Crippen molar-refractivity contribution in [1.29, 1.82) is 0 Å². The normalized spacial score (nSPS) is 12.4. The van der Waals surface area contributed by atoms with E-state index in [-0.39, 0.29) is 17.3 Å². The summed E-state index contributed by atoms with van der Waals surface area (Å²) in [7, 11) is 0. The monoisotopic (exact) mass is 196 g/mol. The van der Waals surface area contributed by atoms with E-state index in [2.05, 4.69) is 22.2 Å². The molecule has 0 aliphatic carbocycles. The maximum absolute atomic E-state index is 11.1. The van der Waals surface area contributed by atoms with Crippen molar-refractivity contribution in [3.8, 4) is 0 Å². The van der Waals surface area contributed by atoms with Crippen molar-refractivity contribution in [2.45, 2.75) is 32.7 Å². The molecule has 78 valence electrons. The van der Waals surface area contributed by atoms with Gasteiger partial charge in [-0.3, -0.25) is 4.79 Å². The number of nitrogen functional groups attached to an aromatic ring is 1. The molecule has 0 aromatic carbocycles. The highest BCUT2D eigenvalue weighted by Crippen LogP contribution is 2.10. The average Bonchev–Trinajstić information content (AvgIpc) is 2.13. The van der Waals surface area contributed by atoms with Gasteiger partial charge in [0.1, 0.15) is 5.69 Å². The van der Waals surface area contributed by atoms with Gasteiger partial charge in [-0.1, -0.05) is 13.3 Å². The Bertz CT molecular complexity index is 347. The molecular weight excluding hydrogens is 180 g/mol. The standard InChI is InChI=1S/C9H16N4O/c1-3-4-6(2)13-8-7(10)9(14)12-5-11-8/h5-6H,3-4,10H2,1-2H3,(H2,11,12,13,14). The molecule has 1 rings (SSSR count). The van der Waals surface area contributed by atoms with Gasteiger partial charge in [-0.15, -0.1) is 0 Å². The number of nitrogens with two attached hydrogens (primary N) is 1. The number of nitrogens with one attached hydrogen (secondary N) is 2. The minimum Gasteiger partial charge on any atom is -0.391 e. The van der Waals surface area contributed by atoms with Gasteiger partial charge < -0.3 is 16.0 Å². The van der Waals surface area contributed by atoms with Gasteiger partial charge in [0, 0.05) is 6.04 Å². The predicted molar refractivity (Wildman–Crippen MR) is 57.3 cm³/mol. The molecule has 0 amide bonds. The molecule has 0 aliphatic heterocycles. The average molecular weight is 196 g/mol. The van der Waals surface area contributed by atoms with Crippen LogP contribution in [-0.4, -0.2) is 16.0 Å². The summed E-state index contributed by atoms with van der Waals surface area (Å²) in [5.74, 6) is 0.467. The van der Waals surface area contributed by atoms with Gasteiger partial charge in [-0.05, 0) is 13.3 Å². The summed E-state index contributed by atoms with van der Waals surface area (Å²) in [6, 6.07) is 0.275. The molecule has 5 nitrogen and oxygen atoms in total. The van der Waals surface area contributed by atoms with E-state index in [1.807, 2.05) is 6.92 Å². The lowest BCUT2D eigenvalue weighted by atomic mass is 10.2. The minimum atomic E-state index is -0.300. The van der Waals surface area contributed by atoms with Gasteiger partial charge in [0.05, 0.1) is 6.33 Å². The maximum atomic E-state index is 11.1. The lowest BCUT2D eigenvalue weighted by Crippen LogP contribution is -2.21. The van der Waals surface area contributed by atoms with Crippen LogP contribution in [0, 0.1) is 0 Å². The van der Waals surface area contributed by atoms with E-state index in [9.17, 15) is 4.79 Å². The van der Waals surface area contributed by atoms with Crippen LogP contribution in [0.5, 0.6) is 0 Å². The topological polar surface area (TPSA) is 83.8 Å². The van der Waals surface area contributed by atoms with Crippen LogP contribution in [0.4, 0.5) is 11.5 Å². The summed E-state index contributed by atoms with van der Waals surface area (Å²) >= 11 is 0. The number of H-pyrrole nitrogens is 1. The Kier molecular flexibility index (Phi) is 3.50. The molecule has 1 aromatic heterocycles. The van der Waals surface area contributed by atoms with Crippen molar-refractivity contribution in [2.24, 2.45) is 0 Å². The fourth-order valence-electron chi connectivity index (χ4n) is 1.26. The molecule has 1 heterocycles. The Morgan fingerprint density at radius 3 is 3.07 bits per heavy atom. The first-order valence-corrected chi connectivity index (χ1v) is 4.74. The summed E-state index contributed by atoms with van der Waals surface area (Å²) < 4.78 is 0. The molecule has 1 atom stereocenters. The zero-order chi connectivity index (χ0) is 10.6. The van der Waals surface area contributed by atoms with Crippen molar-refractivity contribution < 1.29 is 0 Å². The molecule has 1 unspecified atom stereocenters. The molecule has 0 saturated heterocycles. The third-order valence-electron chi connectivity index (χ3n) is 1.99. The van der Waals surface area contributed by atoms with Crippen molar-refractivity contribution >= 4 is 11.5 Å². The maximum Gasteiger partial charge on any atom is 0.276 e. The molecule has 4 N–H and O–H groups in total. The number of aromatic amines is 1. The fraction of sp³-hybridized carbons (Fsp3) is 0.556. The van der Waals surface area contributed by atoms with E-state index >= 15 is 0 Å². The van der Waals surface area contributed by atoms with Gasteiger partial charge >= 0.3 is 0 Å². The molecule has 1 aromatic rings. The lowest BCUT2D eigenvalue weighted by molar-refractivity contribution is 0.687. The summed E-state index contributed by atoms with van der Waals surface area (Å²) in [5, 5.41) is 3.10. The number of rotatable bonds is 4. The molecule has 14 heavy (non-hydrogen) atoms. The van der Waals surface area contributed by atoms with Crippen molar-refractivity contribution in [1.82, 2.24) is 9.97 Å². The largest absolute Gasteiger partial charge is 0.391 e. The Labute approximate surface area is 82.7 Å². The van der Waals surface area contributed by atoms with Crippen molar-refractivity contribution in [3.05, 3.63) is 16.7 Å². The number of nitrogens with zero attached hydrogens (tertiary/aromatic N) is 1. The first kappa shape index (κ1) is 10.6. The first-order chi connectivity index (χ1) is 6.65. The molecule has 0 bridgehead atoms. The highest BCUT2D eigenvalue weighted by molar-refractivity contribution is 5.59. The molecule has 0 fully saturated rings. The van der Waals surface area contributed by atoms with E-state index in [1.165, 1.54) is 6.33 Å². The smallest absolute Gasteiger partial charge is 0.276 e. The van der Waals surface area contributed by atoms with Crippen LogP contribution in [0.15, 0.2) is 11.1 Å². The Balaban J connectivity index is 2.76. The van der Waals surface area contributed by atoms with E-state index in [0.29, 0.717) is 5.82 Å². The second-order valence-corrected chi connectivity index (χ2v) is 3.33. The summed E-state index contributed by atoms with van der Waals surface area (Å²) in [5.41, 5.74) is 5.41. The Morgan fingerprint density at radius 2 is 2.43 bits per heavy atom. The predicted octanol–water partition coefficient (Wildman–Crippen LogP) is 0.953. The van der Waals surface area contributed by atoms with Gasteiger partial charge in [0.25, 0.3) is 5.56 Å². The zero-order valence-electron chi connectivity index (χ0n) is 8.50. The minimum absolute atomic E-state index is 0.149. The Morgan fingerprint density at radius 1 is 1.71 bits per heavy atom. The van der Waals surface area contributed by atoms with Crippen LogP contribution in [0.3, 0.4) is 0 Å². The molecule has 5 heteroatoms. The highest BCUT2D eigenvalue weighted by atomic mass is 16.1. The van der Waals surface area contributed by atoms with E-state index in [0.717, 1.165) is 12.8 Å². The van der Waals surface area contributed by atoms with Gasteiger partial charge in [-0.2, -0.15) is 0 Å². The van der Waals surface area contributed by atoms with Crippen LogP contribution < -0.4 is 16.6 Å². The van der Waals surface area contributed by atoms with Crippen LogP contribution in [0.1, 0.15) is 26.7 Å². The third kappa shape index (κ3) is 2.48. The second kappa shape index (κ2) is 4.64. The summed E-state index contributed by atoms with van der Waals surface area (Å²) in [6.07, 6.45) is 3.45. The molecule has 0 aliphatic rings. The van der Waals surface area contributed by atoms with Crippen LogP contribution in [0.25, 0.3) is 0 Å². The zero-order valence-corrected chi connectivity index (χ0v) is 8.50. The molecular formula is C9H16N4O. The molecule has 0 saturated carbocycles. The van der Waals surface area contributed by atoms with Gasteiger partial charge in [0.15, 0.2) is 5.82 Å². The lowest BCUT2D eigenvalue weighted by Gasteiger charge is -2.13. The Hall–Kier alpha value is -1.52. The number of aromatic nitrogens is 2. The van der Waals surface area contributed by atoms with E-state index in [4.69, 9.17) is 5.73 Å². The van der Waals surface area contributed by atoms with Crippen molar-refractivity contribution in [2.75, 3.05) is 11.1 Å². The summed E-state index contributed by atoms with van der Waals surface area (Å²) in [4.78, 5) is 17.5. The van der Waals surface area contributed by atoms with Crippen LogP contribution >= 0.6 is 0 Å². The quantitative estimate of drug-likeness (QED) is 0.669. The molecule has 0 radical (unpaired) electrons. The summed E-state index contributed by atoms with van der Waals surface area (Å²) in [6.45, 7) is 4.14. The number of anilines is 2. The first-order valence-electron chi connectivity index (χ1n) is 4.74. The van der Waals surface area contributed by atoms with Crippen LogP contribution in [-0.2, 0) is 0 Å². The SMILES string of the molecule is CCCC(C)Nc1nc[nH]c(=O)c1N. The third-order valence-corrected chi connectivity index (χ3v) is 1.99. The van der Waals surface area contributed by atoms with E-state index in [1.54, 1.807) is 0 Å². The second-order valence-electron chi connectivity index (χ2n) is 3.33. The number of hydrogen-bond donors (Lipinski definition) is 3. The van der Waals surface area contributed by atoms with E-state index < -0.39 is 0 Å². The van der Waals surface area contributed by atoms with Crippen molar-refractivity contribution in [3.63, 3.8) is 0 Å². The van der Waals surface area contributed by atoms with Gasteiger partial charge in [-0.25, -0.2) is 4.98 Å². The van der Waals surface area contributed by atoms with Crippen LogP contribution in [0.2, 0.25) is 0 Å².